The van der Waals surface area contributed by atoms with Crippen molar-refractivity contribution in [3.63, 3.8) is 0 Å². The number of rotatable bonds is 17. The first-order valence-electron chi connectivity index (χ1n) is 14.8. The first-order valence-corrected chi connectivity index (χ1v) is 14.8. The number of aryl methyl sites for hydroxylation is 1. The monoisotopic (exact) mass is 495 g/mol. The first-order chi connectivity index (χ1) is 18.2. The molecule has 0 fully saturated rings. The second-order valence-corrected chi connectivity index (χ2v) is 10.8. The summed E-state index contributed by atoms with van der Waals surface area (Å²) in [6.45, 7) is 3.43. The third-order valence-corrected chi connectivity index (χ3v) is 7.33. The van der Waals surface area contributed by atoms with Gasteiger partial charge in [-0.25, -0.2) is 0 Å². The Morgan fingerprint density at radius 1 is 0.541 bits per heavy atom. The van der Waals surface area contributed by atoms with Gasteiger partial charge in [0.2, 0.25) is 0 Å². The molecule has 0 aliphatic heterocycles. The van der Waals surface area contributed by atoms with Crippen molar-refractivity contribution in [1.29, 1.82) is 0 Å². The van der Waals surface area contributed by atoms with Gasteiger partial charge in [-0.1, -0.05) is 143 Å². The first kappa shape index (κ1) is 28.9. The summed E-state index contributed by atoms with van der Waals surface area (Å²) < 4.78 is 0. The van der Waals surface area contributed by atoms with Crippen LogP contribution in [0, 0.1) is 0 Å². The Morgan fingerprint density at radius 2 is 1.05 bits per heavy atom. The van der Waals surface area contributed by atoms with Crippen molar-refractivity contribution >= 4 is 11.1 Å². The van der Waals surface area contributed by atoms with Crippen LogP contribution in [0.15, 0.2) is 84.9 Å². The maximum atomic E-state index is 2.35. The molecule has 0 aliphatic rings. The number of benzene rings is 3. The molecule has 0 aromatic heterocycles. The van der Waals surface area contributed by atoms with Crippen molar-refractivity contribution in [1.82, 2.24) is 4.90 Å². The standard InChI is InChI=1S/C36H49N/c1-4-5-6-7-8-9-10-11-18-25-35(32-21-14-12-15-22-32)36(33-23-16-13-17-24-33)34-28-26-31(27-29-34)20-19-30-37(2)3/h12-17,21-24,26-29H,4-11,18-20,25,30H2,1-3H3/b36-35-. The van der Waals surface area contributed by atoms with Gasteiger partial charge in [0.15, 0.2) is 0 Å². The molecule has 0 saturated carbocycles. The fourth-order valence-corrected chi connectivity index (χ4v) is 5.22. The number of allylic oxidation sites excluding steroid dienone is 1. The molecule has 1 heteroatoms. The molecule has 1 nitrogen and oxygen atoms in total. The average Bonchev–Trinajstić information content (AvgIpc) is 2.93. The van der Waals surface area contributed by atoms with Crippen LogP contribution in [0.1, 0.15) is 99.8 Å². The van der Waals surface area contributed by atoms with Gasteiger partial charge in [-0.2, -0.15) is 0 Å². The van der Waals surface area contributed by atoms with Gasteiger partial charge in [0.05, 0.1) is 0 Å². The van der Waals surface area contributed by atoms with Crippen molar-refractivity contribution in [2.45, 2.75) is 84.0 Å². The number of hydrogen-bond donors (Lipinski definition) is 0. The minimum absolute atomic E-state index is 1.12. The maximum Gasteiger partial charge on any atom is -0.00217 e. The Morgan fingerprint density at radius 3 is 1.62 bits per heavy atom. The molecule has 0 heterocycles. The van der Waals surface area contributed by atoms with Gasteiger partial charge in [0, 0.05) is 0 Å². The van der Waals surface area contributed by atoms with E-state index in [-0.39, 0.29) is 0 Å². The largest absolute Gasteiger partial charge is 0.309 e. The second-order valence-electron chi connectivity index (χ2n) is 10.8. The lowest BCUT2D eigenvalue weighted by atomic mass is 9.86. The molecule has 0 amide bonds. The number of hydrogen-bond acceptors (Lipinski definition) is 1. The van der Waals surface area contributed by atoms with Crippen LogP contribution in [0.25, 0.3) is 11.1 Å². The molecule has 198 valence electrons. The molecule has 0 bridgehead atoms. The normalized spacial score (nSPS) is 12.1. The van der Waals surface area contributed by atoms with Gasteiger partial charge in [-0.05, 0) is 79.7 Å². The smallest absolute Gasteiger partial charge is 0.00217 e. The summed E-state index contributed by atoms with van der Waals surface area (Å²) in [5, 5.41) is 0. The zero-order valence-corrected chi connectivity index (χ0v) is 23.7. The quantitative estimate of drug-likeness (QED) is 0.133. The lowest BCUT2D eigenvalue weighted by molar-refractivity contribution is 0.400. The van der Waals surface area contributed by atoms with Crippen molar-refractivity contribution in [3.8, 4) is 0 Å². The lowest BCUT2D eigenvalue weighted by Gasteiger charge is -2.18. The highest BCUT2D eigenvalue weighted by Gasteiger charge is 2.14. The summed E-state index contributed by atoms with van der Waals surface area (Å²) in [6, 6.07) is 31.5. The van der Waals surface area contributed by atoms with Crippen molar-refractivity contribution in [2.75, 3.05) is 20.6 Å². The highest BCUT2D eigenvalue weighted by molar-refractivity contribution is 5.98. The van der Waals surface area contributed by atoms with E-state index in [9.17, 15) is 0 Å². The molecule has 0 atom stereocenters. The van der Waals surface area contributed by atoms with Gasteiger partial charge < -0.3 is 4.90 Å². The van der Waals surface area contributed by atoms with Crippen LogP contribution >= 0.6 is 0 Å². The molecule has 0 aliphatic carbocycles. The molecule has 3 aromatic carbocycles. The molecule has 0 unspecified atom stereocenters. The highest BCUT2D eigenvalue weighted by atomic mass is 15.0. The lowest BCUT2D eigenvalue weighted by Crippen LogP contribution is -2.13. The van der Waals surface area contributed by atoms with E-state index in [1.54, 1.807) is 0 Å². The molecule has 0 spiro atoms. The van der Waals surface area contributed by atoms with E-state index in [0.717, 1.165) is 19.4 Å². The second kappa shape index (κ2) is 17.0. The summed E-state index contributed by atoms with van der Waals surface area (Å²) >= 11 is 0. The Labute approximate surface area is 227 Å². The Balaban J connectivity index is 1.80. The molecule has 3 aromatic rings. The van der Waals surface area contributed by atoms with E-state index in [2.05, 4.69) is 111 Å². The molecular formula is C36H49N. The average molecular weight is 496 g/mol. The van der Waals surface area contributed by atoms with E-state index in [1.807, 2.05) is 0 Å². The van der Waals surface area contributed by atoms with Crippen LogP contribution in [0.5, 0.6) is 0 Å². The van der Waals surface area contributed by atoms with E-state index in [1.165, 1.54) is 97.6 Å². The van der Waals surface area contributed by atoms with Crippen LogP contribution in [0.4, 0.5) is 0 Å². The predicted molar refractivity (Wildman–Crippen MR) is 164 cm³/mol. The number of nitrogens with zero attached hydrogens (tertiary/aromatic N) is 1. The third-order valence-electron chi connectivity index (χ3n) is 7.33. The molecule has 37 heavy (non-hydrogen) atoms. The van der Waals surface area contributed by atoms with Gasteiger partial charge in [-0.3, -0.25) is 0 Å². The SMILES string of the molecule is CCCCCCCCCCC/C(=C(\c1ccccc1)c1ccc(CCCN(C)C)cc1)c1ccccc1. The summed E-state index contributed by atoms with van der Waals surface area (Å²) in [6.07, 6.45) is 15.7. The fraction of sp³-hybridized carbons (Fsp3) is 0.444. The van der Waals surface area contributed by atoms with Crippen LogP contribution in [-0.4, -0.2) is 25.5 Å². The number of unbranched alkanes of at least 4 members (excludes halogenated alkanes) is 8. The predicted octanol–water partition coefficient (Wildman–Crippen LogP) is 10.1. The topological polar surface area (TPSA) is 3.24 Å². The van der Waals surface area contributed by atoms with Crippen molar-refractivity contribution < 1.29 is 0 Å². The summed E-state index contributed by atoms with van der Waals surface area (Å²) in [4.78, 5) is 2.27. The van der Waals surface area contributed by atoms with Crippen LogP contribution in [-0.2, 0) is 6.42 Å². The van der Waals surface area contributed by atoms with Crippen LogP contribution in [0.2, 0.25) is 0 Å². The maximum absolute atomic E-state index is 2.35. The minimum Gasteiger partial charge on any atom is -0.309 e. The Bertz CT molecular complexity index is 1020. The summed E-state index contributed by atoms with van der Waals surface area (Å²) in [5.41, 5.74) is 8.31. The van der Waals surface area contributed by atoms with Gasteiger partial charge >= 0.3 is 0 Å². The van der Waals surface area contributed by atoms with Gasteiger partial charge in [0.1, 0.15) is 0 Å². The zero-order valence-electron chi connectivity index (χ0n) is 23.7. The van der Waals surface area contributed by atoms with Gasteiger partial charge in [-0.15, -0.1) is 0 Å². The minimum atomic E-state index is 1.12. The van der Waals surface area contributed by atoms with Crippen molar-refractivity contribution in [2.24, 2.45) is 0 Å². The Hall–Kier alpha value is -2.64. The van der Waals surface area contributed by atoms with E-state index in [4.69, 9.17) is 0 Å². The van der Waals surface area contributed by atoms with E-state index in [0.29, 0.717) is 0 Å². The molecule has 3 rings (SSSR count). The fourth-order valence-electron chi connectivity index (χ4n) is 5.22. The highest BCUT2D eigenvalue weighted by Crippen LogP contribution is 2.35. The van der Waals surface area contributed by atoms with Crippen LogP contribution in [0.3, 0.4) is 0 Å². The van der Waals surface area contributed by atoms with E-state index < -0.39 is 0 Å². The van der Waals surface area contributed by atoms with Crippen molar-refractivity contribution in [3.05, 3.63) is 107 Å². The zero-order chi connectivity index (χ0) is 26.1. The van der Waals surface area contributed by atoms with E-state index >= 15 is 0 Å². The molecular weight excluding hydrogens is 446 g/mol. The third kappa shape index (κ3) is 10.3. The van der Waals surface area contributed by atoms with Crippen LogP contribution < -0.4 is 0 Å². The Kier molecular flexibility index (Phi) is 13.3. The van der Waals surface area contributed by atoms with Gasteiger partial charge in [0.25, 0.3) is 0 Å². The summed E-state index contributed by atoms with van der Waals surface area (Å²) in [5.74, 6) is 0. The molecule has 0 saturated heterocycles. The summed E-state index contributed by atoms with van der Waals surface area (Å²) in [7, 11) is 4.30. The molecule has 0 N–H and O–H groups in total. The molecule has 0 radical (unpaired) electrons.